The van der Waals surface area contributed by atoms with Crippen molar-refractivity contribution in [1.29, 1.82) is 5.26 Å². The molecule has 0 atom stereocenters. The zero-order valence-electron chi connectivity index (χ0n) is 20.8. The molecule has 1 amide bonds. The maximum atomic E-state index is 13.3. The molecule has 0 saturated carbocycles. The van der Waals surface area contributed by atoms with Crippen molar-refractivity contribution in [3.8, 4) is 6.07 Å². The number of nitriles is 1. The number of fused-ring (bicyclic) bond motifs is 1. The van der Waals surface area contributed by atoms with E-state index in [4.69, 9.17) is 9.47 Å². The van der Waals surface area contributed by atoms with Gasteiger partial charge in [-0.15, -0.1) is 0 Å². The zero-order chi connectivity index (χ0) is 24.9. The lowest BCUT2D eigenvalue weighted by atomic mass is 10.1. The molecule has 0 radical (unpaired) electrons. The van der Waals surface area contributed by atoms with E-state index in [2.05, 4.69) is 19.6 Å². The van der Waals surface area contributed by atoms with Gasteiger partial charge in [-0.3, -0.25) is 9.59 Å². The number of hydrogen-bond donors (Lipinski definition) is 0. The van der Waals surface area contributed by atoms with Gasteiger partial charge < -0.3 is 23.8 Å². The maximum absolute atomic E-state index is 13.3. The molecule has 182 valence electrons. The fourth-order valence-electron chi connectivity index (χ4n) is 3.75. The van der Waals surface area contributed by atoms with Crippen LogP contribution in [0.5, 0.6) is 0 Å². The summed E-state index contributed by atoms with van der Waals surface area (Å²) in [4.78, 5) is 29.7. The molecule has 9 heteroatoms. The summed E-state index contributed by atoms with van der Waals surface area (Å²) < 4.78 is 13.1. The van der Waals surface area contributed by atoms with Crippen molar-refractivity contribution >= 4 is 30.7 Å². The molecule has 1 aliphatic heterocycles. The molecule has 1 aromatic carbocycles. The second kappa shape index (κ2) is 11.0. The SMILES string of the molecule is CN(C)/C=C(/C#N)C(=O)c1cc2cc(C(=O)N3CCOCC3)ccc2n1COCC[Si](C)(C)C. The Morgan fingerprint density at radius 2 is 1.91 bits per heavy atom. The van der Waals surface area contributed by atoms with Crippen molar-refractivity contribution in [2.75, 3.05) is 47.0 Å². The number of benzene rings is 1. The van der Waals surface area contributed by atoms with Gasteiger partial charge in [0.15, 0.2) is 0 Å². The molecule has 1 aromatic heterocycles. The molecule has 0 spiro atoms. The third-order valence-corrected chi connectivity index (χ3v) is 7.35. The monoisotopic (exact) mass is 482 g/mol. The number of ketones is 1. The summed E-state index contributed by atoms with van der Waals surface area (Å²) in [7, 11) is 2.28. The normalized spacial score (nSPS) is 14.8. The largest absolute Gasteiger partial charge is 0.382 e. The van der Waals surface area contributed by atoms with Gasteiger partial charge in [-0.05, 0) is 30.3 Å². The van der Waals surface area contributed by atoms with Crippen LogP contribution in [0.3, 0.4) is 0 Å². The van der Waals surface area contributed by atoms with Gasteiger partial charge in [0.05, 0.1) is 24.4 Å². The Kier molecular flexibility index (Phi) is 8.31. The van der Waals surface area contributed by atoms with Crippen molar-refractivity contribution < 1.29 is 19.1 Å². The van der Waals surface area contributed by atoms with Crippen LogP contribution in [-0.2, 0) is 16.2 Å². The summed E-state index contributed by atoms with van der Waals surface area (Å²) in [5.74, 6) is -0.426. The first-order valence-corrected chi connectivity index (χ1v) is 15.2. The van der Waals surface area contributed by atoms with Crippen LogP contribution >= 0.6 is 0 Å². The Bertz CT molecular complexity index is 1120. The summed E-state index contributed by atoms with van der Waals surface area (Å²) in [5, 5.41) is 10.3. The van der Waals surface area contributed by atoms with E-state index in [9.17, 15) is 14.9 Å². The average molecular weight is 483 g/mol. The average Bonchev–Trinajstić information content (AvgIpc) is 3.16. The van der Waals surface area contributed by atoms with Gasteiger partial charge in [-0.2, -0.15) is 5.26 Å². The Balaban J connectivity index is 1.97. The Hall–Kier alpha value is -2.93. The fourth-order valence-corrected chi connectivity index (χ4v) is 4.51. The van der Waals surface area contributed by atoms with Gasteiger partial charge in [0.25, 0.3) is 5.91 Å². The minimum absolute atomic E-state index is 0.0424. The van der Waals surface area contributed by atoms with Crippen molar-refractivity contribution in [3.63, 3.8) is 0 Å². The first-order chi connectivity index (χ1) is 16.1. The highest BCUT2D eigenvalue weighted by Gasteiger charge is 2.23. The smallest absolute Gasteiger partial charge is 0.254 e. The van der Waals surface area contributed by atoms with Crippen molar-refractivity contribution in [3.05, 3.63) is 47.3 Å². The lowest BCUT2D eigenvalue weighted by Gasteiger charge is -2.26. The van der Waals surface area contributed by atoms with E-state index in [-0.39, 0.29) is 24.0 Å². The number of hydrogen-bond acceptors (Lipinski definition) is 6. The van der Waals surface area contributed by atoms with Gasteiger partial charge in [0, 0.05) is 59.0 Å². The zero-order valence-corrected chi connectivity index (χ0v) is 21.8. The number of Topliss-reactive ketones (excluding diaryl/α,β-unsaturated/α-hetero) is 1. The van der Waals surface area contributed by atoms with Gasteiger partial charge in [-0.1, -0.05) is 19.6 Å². The van der Waals surface area contributed by atoms with Crippen molar-refractivity contribution in [1.82, 2.24) is 14.4 Å². The number of rotatable bonds is 9. The van der Waals surface area contributed by atoms with Crippen LogP contribution < -0.4 is 0 Å². The van der Waals surface area contributed by atoms with Crippen LogP contribution in [0.15, 0.2) is 36.0 Å². The molecule has 1 saturated heterocycles. The van der Waals surface area contributed by atoms with E-state index in [0.29, 0.717) is 44.2 Å². The van der Waals surface area contributed by atoms with Gasteiger partial charge in [0.2, 0.25) is 5.78 Å². The van der Waals surface area contributed by atoms with Crippen molar-refractivity contribution in [2.45, 2.75) is 32.4 Å². The number of aromatic nitrogens is 1. The summed E-state index contributed by atoms with van der Waals surface area (Å²) in [5.41, 5.74) is 1.76. The Morgan fingerprint density at radius 1 is 1.21 bits per heavy atom. The summed E-state index contributed by atoms with van der Waals surface area (Å²) >= 11 is 0. The predicted molar refractivity (Wildman–Crippen MR) is 134 cm³/mol. The molecule has 0 N–H and O–H groups in total. The molecule has 0 unspecified atom stereocenters. The highest BCUT2D eigenvalue weighted by molar-refractivity contribution is 6.76. The third kappa shape index (κ3) is 6.35. The first kappa shape index (κ1) is 25.7. The number of carbonyl (C=O) groups excluding carboxylic acids is 2. The van der Waals surface area contributed by atoms with Crippen LogP contribution in [0.25, 0.3) is 10.9 Å². The molecule has 2 heterocycles. The number of carbonyl (C=O) groups is 2. The van der Waals surface area contributed by atoms with E-state index in [1.165, 1.54) is 6.20 Å². The van der Waals surface area contributed by atoms with Crippen molar-refractivity contribution in [2.24, 2.45) is 0 Å². The van der Waals surface area contributed by atoms with E-state index >= 15 is 0 Å². The number of allylic oxidation sites excluding steroid dienone is 1. The first-order valence-electron chi connectivity index (χ1n) is 11.5. The molecule has 3 rings (SSSR count). The number of nitrogens with zero attached hydrogens (tertiary/aromatic N) is 4. The third-order valence-electron chi connectivity index (χ3n) is 5.65. The number of ether oxygens (including phenoxy) is 2. The van der Waals surface area contributed by atoms with Crippen LogP contribution in [0.1, 0.15) is 20.8 Å². The van der Waals surface area contributed by atoms with E-state index in [1.54, 1.807) is 40.6 Å². The maximum Gasteiger partial charge on any atom is 0.254 e. The summed E-state index contributed by atoms with van der Waals surface area (Å²) in [6.45, 7) is 9.86. The topological polar surface area (TPSA) is 87.8 Å². The Labute approximate surface area is 202 Å². The molecule has 34 heavy (non-hydrogen) atoms. The molecule has 0 aliphatic carbocycles. The van der Waals surface area contributed by atoms with Crippen LogP contribution in [0.2, 0.25) is 25.7 Å². The standard InChI is InChI=1S/C25H34N4O4Si/c1-27(2)17-21(16-26)24(30)23-15-20-14-19(25(31)28-8-10-32-11-9-28)6-7-22(20)29(23)18-33-12-13-34(3,4)5/h6-7,14-15,17H,8-13,18H2,1-5H3/b21-17-. The lowest BCUT2D eigenvalue weighted by molar-refractivity contribution is 0.0303. The quantitative estimate of drug-likeness (QED) is 0.178. The molecule has 1 fully saturated rings. The second-order valence-electron chi connectivity index (χ2n) is 9.93. The highest BCUT2D eigenvalue weighted by atomic mass is 28.3. The van der Waals surface area contributed by atoms with Gasteiger partial charge in [0.1, 0.15) is 18.4 Å². The van der Waals surface area contributed by atoms with E-state index in [1.807, 2.05) is 18.2 Å². The second-order valence-corrected chi connectivity index (χ2v) is 15.6. The molecule has 2 aromatic rings. The molecule has 1 aliphatic rings. The predicted octanol–water partition coefficient (Wildman–Crippen LogP) is 3.58. The Morgan fingerprint density at radius 3 is 2.53 bits per heavy atom. The number of morpholine rings is 1. The molecule has 8 nitrogen and oxygen atoms in total. The minimum atomic E-state index is -1.26. The lowest BCUT2D eigenvalue weighted by Crippen LogP contribution is -2.40. The summed E-state index contributed by atoms with van der Waals surface area (Å²) in [6.07, 6.45) is 1.52. The van der Waals surface area contributed by atoms with Crippen LogP contribution in [0.4, 0.5) is 0 Å². The van der Waals surface area contributed by atoms with E-state index in [0.717, 1.165) is 16.9 Å². The summed E-state index contributed by atoms with van der Waals surface area (Å²) in [6, 6.07) is 10.2. The van der Waals surface area contributed by atoms with Gasteiger partial charge in [-0.25, -0.2) is 0 Å². The van der Waals surface area contributed by atoms with Crippen LogP contribution in [-0.4, -0.2) is 81.1 Å². The van der Waals surface area contributed by atoms with Gasteiger partial charge >= 0.3 is 0 Å². The molecule has 0 bridgehead atoms. The van der Waals surface area contributed by atoms with E-state index < -0.39 is 8.07 Å². The van der Waals surface area contributed by atoms with Crippen LogP contribution in [0, 0.1) is 11.3 Å². The molecular formula is C25H34N4O4Si. The minimum Gasteiger partial charge on any atom is -0.382 e. The highest BCUT2D eigenvalue weighted by Crippen LogP contribution is 2.25. The fraction of sp³-hybridized carbons (Fsp3) is 0.480. The molecular weight excluding hydrogens is 448 g/mol. The number of amides is 1.